The van der Waals surface area contributed by atoms with Crippen molar-refractivity contribution in [1.29, 1.82) is 0 Å². The van der Waals surface area contributed by atoms with Gasteiger partial charge in [0, 0.05) is 67.8 Å². The molecule has 5 aliphatic heterocycles. The summed E-state index contributed by atoms with van der Waals surface area (Å²) in [5.41, 5.74) is 17.3. The van der Waals surface area contributed by atoms with Crippen molar-refractivity contribution in [3.8, 4) is 50.5 Å². The number of H-pyrrole nitrogens is 2. The Hall–Kier alpha value is -8.11. The normalized spacial score (nSPS) is 14.8. The number of hydrogen-bond donors (Lipinski definition) is 2. The number of benzene rings is 5. The van der Waals surface area contributed by atoms with Gasteiger partial charge in [-0.3, -0.25) is 4.79 Å². The van der Waals surface area contributed by atoms with Gasteiger partial charge in [0.25, 0.3) is 11.7 Å². The summed E-state index contributed by atoms with van der Waals surface area (Å²) in [7, 11) is 1.77. The molecule has 1 spiro atoms. The average Bonchev–Trinajstić information content (AvgIpc) is 4.22. The van der Waals surface area contributed by atoms with E-state index in [4.69, 9.17) is 19.4 Å². The summed E-state index contributed by atoms with van der Waals surface area (Å²) in [6.45, 7) is 0.671. The standard InChI is InChI=1S/C55H38N6O3/c1-60-47-28-21-36(31-38(47)55(54(60)62)63-29-30-64-55)61-46-20-12-11-19-37(46)52-44-27-26-42(58-44)50(34-15-7-3-8-16-34)40-23-22-39(56-40)49(33-13-5-2-6-14-33)41-24-25-43(57-41)51(35-17-9-4-10-18-35)45-32-48(61)53(52)59-45/h2-28,31-32,57-58H,29-30H2,1H3. The Balaban J connectivity index is 1.23. The van der Waals surface area contributed by atoms with Gasteiger partial charge in [-0.1, -0.05) is 109 Å². The second-order valence-electron chi connectivity index (χ2n) is 16.5. The summed E-state index contributed by atoms with van der Waals surface area (Å²) in [5.74, 6) is -1.70. The molecule has 5 aliphatic rings. The highest BCUT2D eigenvalue weighted by Gasteiger charge is 2.55. The molecule has 0 radical (unpaired) electrons. The number of carbonyl (C=O) groups is 1. The predicted molar refractivity (Wildman–Crippen MR) is 255 cm³/mol. The molecule has 1 saturated heterocycles. The van der Waals surface area contributed by atoms with Gasteiger partial charge in [-0.15, -0.1) is 0 Å². The summed E-state index contributed by atoms with van der Waals surface area (Å²) < 4.78 is 14.6. The van der Waals surface area contributed by atoms with Crippen molar-refractivity contribution in [3.63, 3.8) is 0 Å². The van der Waals surface area contributed by atoms with Crippen molar-refractivity contribution in [3.05, 3.63) is 181 Å². The third-order valence-corrected chi connectivity index (χ3v) is 12.9. The van der Waals surface area contributed by atoms with Gasteiger partial charge in [0.15, 0.2) is 0 Å². The number of anilines is 1. The van der Waals surface area contributed by atoms with E-state index in [-0.39, 0.29) is 5.91 Å². The van der Waals surface area contributed by atoms with Gasteiger partial charge in [0.05, 0.1) is 52.7 Å². The molecular formula is C55H38N6O3. The van der Waals surface area contributed by atoms with Crippen LogP contribution in [0.15, 0.2) is 164 Å². The molecule has 306 valence electrons. The van der Waals surface area contributed by atoms with Gasteiger partial charge in [0.2, 0.25) is 0 Å². The summed E-state index contributed by atoms with van der Waals surface area (Å²) >= 11 is 0. The van der Waals surface area contributed by atoms with Crippen molar-refractivity contribution in [1.82, 2.24) is 24.5 Å². The van der Waals surface area contributed by atoms with Gasteiger partial charge >= 0.3 is 0 Å². The van der Waals surface area contributed by atoms with E-state index < -0.39 is 5.79 Å². The summed E-state index contributed by atoms with van der Waals surface area (Å²) in [4.78, 5) is 34.3. The maximum atomic E-state index is 13.8. The average molecular weight is 831 g/mol. The quantitative estimate of drug-likeness (QED) is 0.184. The van der Waals surface area contributed by atoms with E-state index in [2.05, 4.69) is 160 Å². The number of carbonyl (C=O) groups excluding carboxylic acids is 1. The Morgan fingerprint density at radius 3 is 1.77 bits per heavy atom. The van der Waals surface area contributed by atoms with Crippen LogP contribution >= 0.6 is 0 Å². The highest BCUT2D eigenvalue weighted by atomic mass is 16.7. The van der Waals surface area contributed by atoms with Crippen molar-refractivity contribution >= 4 is 67.6 Å². The first-order valence-electron chi connectivity index (χ1n) is 21.5. The molecule has 8 bridgehead atoms. The predicted octanol–water partition coefficient (Wildman–Crippen LogP) is 12.0. The maximum Gasteiger partial charge on any atom is 0.292 e. The Kier molecular flexibility index (Phi) is 7.96. The number of hydrogen-bond acceptors (Lipinski definition) is 5. The van der Waals surface area contributed by atoms with Gasteiger partial charge < -0.3 is 28.9 Å². The first-order chi connectivity index (χ1) is 31.5. The SMILES string of the molecule is CN1C(=O)C2(OCCO2)c2cc(-n3c4cc5nc-4c(c4ccc([nH]4)c(-c4ccccc4)c4nc(c(-c6ccccc6)c6ccc([nH]6)c5-c5ccccc5)C=C4)c4ccccc43)ccc21. The van der Waals surface area contributed by atoms with Crippen LogP contribution in [0, 0.1) is 0 Å². The summed E-state index contributed by atoms with van der Waals surface area (Å²) in [6.07, 6.45) is 4.25. The molecule has 0 atom stereocenters. The van der Waals surface area contributed by atoms with Crippen LogP contribution in [-0.2, 0) is 20.1 Å². The van der Waals surface area contributed by atoms with Crippen LogP contribution in [0.4, 0.5) is 5.69 Å². The second kappa shape index (κ2) is 14.0. The third kappa shape index (κ3) is 5.35. The fourth-order valence-corrected chi connectivity index (χ4v) is 10.1. The molecule has 3 aromatic heterocycles. The second-order valence-corrected chi connectivity index (χ2v) is 16.5. The summed E-state index contributed by atoms with van der Waals surface area (Å²) in [5, 5.41) is 1.98. The number of fused-ring (bicyclic) bond motifs is 12. The molecule has 13 rings (SSSR count). The number of nitrogens with zero attached hydrogens (tertiary/aromatic N) is 4. The Morgan fingerprint density at radius 1 is 0.578 bits per heavy atom. The number of aromatic amines is 2. The lowest BCUT2D eigenvalue weighted by molar-refractivity contribution is -0.180. The number of aromatic nitrogens is 5. The minimum Gasteiger partial charge on any atom is -0.354 e. The molecule has 9 nitrogen and oxygen atoms in total. The lowest BCUT2D eigenvalue weighted by Crippen LogP contribution is -2.39. The lowest BCUT2D eigenvalue weighted by Gasteiger charge is -2.22. The molecule has 8 heterocycles. The molecule has 9 heteroatoms. The monoisotopic (exact) mass is 830 g/mol. The first-order valence-corrected chi connectivity index (χ1v) is 21.5. The van der Waals surface area contributed by atoms with E-state index in [1.165, 1.54) is 0 Å². The smallest absolute Gasteiger partial charge is 0.292 e. The van der Waals surface area contributed by atoms with Crippen LogP contribution in [0.1, 0.15) is 17.0 Å². The lowest BCUT2D eigenvalue weighted by atomic mass is 10.0. The van der Waals surface area contributed by atoms with Gasteiger partial charge in [-0.25, -0.2) is 9.97 Å². The Morgan fingerprint density at radius 2 is 1.12 bits per heavy atom. The fourth-order valence-electron chi connectivity index (χ4n) is 10.1. The molecule has 64 heavy (non-hydrogen) atoms. The Bertz CT molecular complexity index is 3660. The van der Waals surface area contributed by atoms with Crippen LogP contribution in [0.2, 0.25) is 0 Å². The minimum atomic E-state index is -1.48. The summed E-state index contributed by atoms with van der Waals surface area (Å²) in [6, 6.07) is 56.8. The molecular weight excluding hydrogens is 793 g/mol. The molecule has 0 saturated carbocycles. The topological polar surface area (TPSA) is 101 Å². The van der Waals surface area contributed by atoms with E-state index in [0.717, 1.165) is 111 Å². The molecule has 0 unspecified atom stereocenters. The van der Waals surface area contributed by atoms with Crippen LogP contribution in [0.5, 0.6) is 0 Å². The van der Waals surface area contributed by atoms with E-state index >= 15 is 0 Å². The molecule has 5 aromatic carbocycles. The number of ether oxygens (including phenoxy) is 2. The number of nitrogens with one attached hydrogen (secondary N) is 2. The van der Waals surface area contributed by atoms with Gasteiger partial charge in [-0.05, 0) is 83.4 Å². The van der Waals surface area contributed by atoms with Crippen LogP contribution in [0.25, 0.3) is 106 Å². The van der Waals surface area contributed by atoms with E-state index in [9.17, 15) is 4.79 Å². The zero-order valence-electron chi connectivity index (χ0n) is 34.7. The van der Waals surface area contributed by atoms with Crippen molar-refractivity contribution in [2.75, 3.05) is 25.2 Å². The highest BCUT2D eigenvalue weighted by Crippen LogP contribution is 2.48. The number of pyridine rings is 1. The number of para-hydroxylation sites is 1. The largest absolute Gasteiger partial charge is 0.354 e. The number of likely N-dealkylation sites (N-methyl/N-ethyl adjacent to an activating group) is 1. The zero-order chi connectivity index (χ0) is 42.5. The molecule has 8 aromatic rings. The zero-order valence-corrected chi connectivity index (χ0v) is 34.7. The molecule has 1 fully saturated rings. The van der Waals surface area contributed by atoms with Gasteiger partial charge in [-0.2, -0.15) is 0 Å². The maximum absolute atomic E-state index is 13.8. The van der Waals surface area contributed by atoms with Crippen LogP contribution in [-0.4, -0.2) is 50.7 Å². The van der Waals surface area contributed by atoms with E-state index in [1.54, 1.807) is 11.9 Å². The molecule has 2 N–H and O–H groups in total. The highest BCUT2D eigenvalue weighted by molar-refractivity contribution is 6.15. The van der Waals surface area contributed by atoms with Crippen LogP contribution < -0.4 is 4.90 Å². The molecule has 1 amide bonds. The van der Waals surface area contributed by atoms with E-state index in [1.807, 2.05) is 30.3 Å². The van der Waals surface area contributed by atoms with Gasteiger partial charge in [0.1, 0.15) is 0 Å². The van der Waals surface area contributed by atoms with Crippen molar-refractivity contribution < 1.29 is 14.3 Å². The van der Waals surface area contributed by atoms with E-state index in [0.29, 0.717) is 18.8 Å². The third-order valence-electron chi connectivity index (χ3n) is 12.9. The Labute approximate surface area is 367 Å². The van der Waals surface area contributed by atoms with Crippen molar-refractivity contribution in [2.45, 2.75) is 5.79 Å². The van der Waals surface area contributed by atoms with Crippen molar-refractivity contribution in [2.24, 2.45) is 0 Å². The number of amides is 1. The van der Waals surface area contributed by atoms with Crippen LogP contribution in [0.3, 0.4) is 0 Å². The first kappa shape index (κ1) is 36.5. The fraction of sp³-hybridized carbons (Fsp3) is 0.0727. The minimum absolute atomic E-state index is 0.226. The number of rotatable bonds is 4. The molecule has 0 aliphatic carbocycles.